The standard InChI is InChI=1S/C19H17N3O3/c1-24-11-10-22-17-14-4-2-3-5-15(14)25-18(17)16(21-19(22)23)12-6-8-13(20)9-7-12/h2-9H,10-11,20H2,1H3. The average Bonchev–Trinajstić information content (AvgIpc) is 3.01. The third-order valence-electron chi connectivity index (χ3n) is 4.20. The number of anilines is 1. The van der Waals surface area contributed by atoms with E-state index in [-0.39, 0.29) is 5.69 Å². The van der Waals surface area contributed by atoms with Crippen molar-refractivity contribution in [1.29, 1.82) is 0 Å². The Morgan fingerprint density at radius 2 is 1.92 bits per heavy atom. The fourth-order valence-corrected chi connectivity index (χ4v) is 2.99. The Bertz CT molecular complexity index is 1110. The van der Waals surface area contributed by atoms with Crippen molar-refractivity contribution in [3.05, 3.63) is 59.0 Å². The lowest BCUT2D eigenvalue weighted by Crippen LogP contribution is -2.25. The van der Waals surface area contributed by atoms with Gasteiger partial charge in [0.1, 0.15) is 16.8 Å². The molecule has 0 saturated carbocycles. The second-order valence-electron chi connectivity index (χ2n) is 5.79. The number of ether oxygens (including phenoxy) is 1. The number of methoxy groups -OCH3 is 1. The van der Waals surface area contributed by atoms with Crippen LogP contribution in [0.3, 0.4) is 0 Å². The minimum absolute atomic E-state index is 0.331. The Hall–Kier alpha value is -3.12. The molecule has 0 fully saturated rings. The van der Waals surface area contributed by atoms with Crippen LogP contribution in [0.15, 0.2) is 57.7 Å². The molecule has 2 N–H and O–H groups in total. The van der Waals surface area contributed by atoms with Crippen LogP contribution in [0.25, 0.3) is 33.3 Å². The SMILES string of the molecule is COCCn1c(=O)nc(-c2ccc(N)cc2)c2oc3ccccc3c21. The fourth-order valence-electron chi connectivity index (χ4n) is 2.99. The van der Waals surface area contributed by atoms with Gasteiger partial charge in [0.15, 0.2) is 5.58 Å². The quantitative estimate of drug-likeness (QED) is 0.580. The fraction of sp³-hybridized carbons (Fsp3) is 0.158. The molecule has 2 heterocycles. The van der Waals surface area contributed by atoms with Gasteiger partial charge < -0.3 is 14.9 Å². The summed E-state index contributed by atoms with van der Waals surface area (Å²) in [5.74, 6) is 0. The molecular weight excluding hydrogens is 318 g/mol. The predicted octanol–water partition coefficient (Wildman–Crippen LogP) is 3.04. The van der Waals surface area contributed by atoms with Crippen molar-refractivity contribution in [2.45, 2.75) is 6.54 Å². The molecule has 2 aromatic carbocycles. The largest absolute Gasteiger partial charge is 0.452 e. The van der Waals surface area contributed by atoms with Crippen LogP contribution >= 0.6 is 0 Å². The molecule has 0 atom stereocenters. The Balaban J connectivity index is 2.08. The molecule has 0 bridgehead atoms. The molecule has 0 spiro atoms. The maximum atomic E-state index is 12.7. The van der Waals surface area contributed by atoms with Crippen LogP contribution < -0.4 is 11.4 Å². The first-order valence-electron chi connectivity index (χ1n) is 7.96. The summed E-state index contributed by atoms with van der Waals surface area (Å²) < 4.78 is 12.8. The summed E-state index contributed by atoms with van der Waals surface area (Å²) in [7, 11) is 1.60. The molecule has 0 aliphatic rings. The number of aromatic nitrogens is 2. The first kappa shape index (κ1) is 15.4. The number of hydrogen-bond acceptors (Lipinski definition) is 5. The average molecular weight is 335 g/mol. The molecule has 6 nitrogen and oxygen atoms in total. The van der Waals surface area contributed by atoms with Gasteiger partial charge >= 0.3 is 5.69 Å². The summed E-state index contributed by atoms with van der Waals surface area (Å²) in [6.45, 7) is 0.821. The molecular formula is C19H17N3O3. The Kier molecular flexibility index (Phi) is 3.74. The van der Waals surface area contributed by atoms with Crippen LogP contribution in [-0.2, 0) is 11.3 Å². The molecule has 0 aliphatic carbocycles. The van der Waals surface area contributed by atoms with Gasteiger partial charge in [-0.15, -0.1) is 0 Å². The molecule has 0 radical (unpaired) electrons. The number of fused-ring (bicyclic) bond motifs is 3. The first-order chi connectivity index (χ1) is 12.2. The smallest absolute Gasteiger partial charge is 0.348 e. The molecule has 4 aromatic rings. The summed E-state index contributed by atoms with van der Waals surface area (Å²) in [5.41, 5.74) is 9.43. The highest BCUT2D eigenvalue weighted by Gasteiger charge is 2.19. The van der Waals surface area contributed by atoms with E-state index < -0.39 is 0 Å². The first-order valence-corrected chi connectivity index (χ1v) is 7.96. The molecule has 0 aliphatic heterocycles. The Morgan fingerprint density at radius 3 is 2.68 bits per heavy atom. The maximum Gasteiger partial charge on any atom is 0.348 e. The Morgan fingerprint density at radius 1 is 1.16 bits per heavy atom. The van der Waals surface area contributed by atoms with Gasteiger partial charge in [-0.2, -0.15) is 4.98 Å². The second kappa shape index (κ2) is 6.07. The third-order valence-corrected chi connectivity index (χ3v) is 4.20. The van der Waals surface area contributed by atoms with Crippen molar-refractivity contribution in [2.24, 2.45) is 0 Å². The van der Waals surface area contributed by atoms with Gasteiger partial charge in [0.25, 0.3) is 0 Å². The van der Waals surface area contributed by atoms with Gasteiger partial charge in [-0.1, -0.05) is 24.3 Å². The number of benzene rings is 2. The normalized spacial score (nSPS) is 11.4. The molecule has 4 rings (SSSR count). The van der Waals surface area contributed by atoms with Crippen LogP contribution in [0.5, 0.6) is 0 Å². The number of nitrogens with zero attached hydrogens (tertiary/aromatic N) is 2. The van der Waals surface area contributed by atoms with E-state index in [0.717, 1.165) is 16.5 Å². The minimum atomic E-state index is -0.331. The monoisotopic (exact) mass is 335 g/mol. The van der Waals surface area contributed by atoms with E-state index in [1.807, 2.05) is 36.4 Å². The van der Waals surface area contributed by atoms with E-state index in [1.165, 1.54) is 0 Å². The Labute approximate surface area is 143 Å². The highest BCUT2D eigenvalue weighted by atomic mass is 16.5. The zero-order chi connectivity index (χ0) is 17.4. The predicted molar refractivity (Wildman–Crippen MR) is 97.5 cm³/mol. The number of nitrogen functional groups attached to an aromatic ring is 1. The van der Waals surface area contributed by atoms with Crippen molar-refractivity contribution in [3.8, 4) is 11.3 Å². The molecule has 126 valence electrons. The van der Waals surface area contributed by atoms with Crippen molar-refractivity contribution in [3.63, 3.8) is 0 Å². The van der Waals surface area contributed by atoms with Gasteiger partial charge in [-0.05, 0) is 24.3 Å². The van der Waals surface area contributed by atoms with Gasteiger partial charge in [-0.3, -0.25) is 4.57 Å². The van der Waals surface area contributed by atoms with E-state index in [9.17, 15) is 4.79 Å². The van der Waals surface area contributed by atoms with Crippen LogP contribution in [0.1, 0.15) is 0 Å². The van der Waals surface area contributed by atoms with E-state index in [4.69, 9.17) is 14.9 Å². The highest BCUT2D eigenvalue weighted by Crippen LogP contribution is 2.33. The van der Waals surface area contributed by atoms with E-state index in [2.05, 4.69) is 4.98 Å². The lowest BCUT2D eigenvalue weighted by molar-refractivity contribution is 0.187. The highest BCUT2D eigenvalue weighted by molar-refractivity contribution is 6.06. The molecule has 2 aromatic heterocycles. The van der Waals surface area contributed by atoms with Crippen LogP contribution in [0.2, 0.25) is 0 Å². The number of para-hydroxylation sites is 1. The van der Waals surface area contributed by atoms with Crippen molar-refractivity contribution in [2.75, 3.05) is 19.5 Å². The molecule has 6 heteroatoms. The van der Waals surface area contributed by atoms with Gasteiger partial charge in [0.05, 0.1) is 13.2 Å². The zero-order valence-electron chi connectivity index (χ0n) is 13.7. The van der Waals surface area contributed by atoms with Crippen molar-refractivity contribution < 1.29 is 9.15 Å². The summed E-state index contributed by atoms with van der Waals surface area (Å²) in [6.07, 6.45) is 0. The summed E-state index contributed by atoms with van der Waals surface area (Å²) in [4.78, 5) is 16.9. The maximum absolute atomic E-state index is 12.7. The van der Waals surface area contributed by atoms with Crippen molar-refractivity contribution in [1.82, 2.24) is 9.55 Å². The molecule has 0 amide bonds. The number of furan rings is 1. The van der Waals surface area contributed by atoms with E-state index in [1.54, 1.807) is 23.8 Å². The summed E-state index contributed by atoms with van der Waals surface area (Å²) in [6, 6.07) is 14.9. The van der Waals surface area contributed by atoms with Crippen LogP contribution in [0, 0.1) is 0 Å². The summed E-state index contributed by atoms with van der Waals surface area (Å²) in [5, 5.41) is 0.879. The number of hydrogen-bond donors (Lipinski definition) is 1. The van der Waals surface area contributed by atoms with Crippen molar-refractivity contribution >= 4 is 27.8 Å². The zero-order valence-corrected chi connectivity index (χ0v) is 13.7. The van der Waals surface area contributed by atoms with E-state index in [0.29, 0.717) is 35.7 Å². The van der Waals surface area contributed by atoms with Gasteiger partial charge in [0, 0.05) is 23.7 Å². The molecule has 25 heavy (non-hydrogen) atoms. The second-order valence-corrected chi connectivity index (χ2v) is 5.79. The van der Waals surface area contributed by atoms with Gasteiger partial charge in [0.2, 0.25) is 0 Å². The lowest BCUT2D eigenvalue weighted by Gasteiger charge is -2.09. The molecule has 0 saturated heterocycles. The molecule has 0 unspecified atom stereocenters. The van der Waals surface area contributed by atoms with Gasteiger partial charge in [-0.25, -0.2) is 4.79 Å². The third kappa shape index (κ3) is 2.56. The lowest BCUT2D eigenvalue weighted by atomic mass is 10.1. The number of nitrogens with two attached hydrogens (primary N) is 1. The van der Waals surface area contributed by atoms with Crippen LogP contribution in [0.4, 0.5) is 5.69 Å². The van der Waals surface area contributed by atoms with E-state index >= 15 is 0 Å². The number of rotatable bonds is 4. The minimum Gasteiger partial charge on any atom is -0.452 e. The topological polar surface area (TPSA) is 83.3 Å². The summed E-state index contributed by atoms with van der Waals surface area (Å²) >= 11 is 0. The van der Waals surface area contributed by atoms with Crippen LogP contribution in [-0.4, -0.2) is 23.3 Å².